The molecule has 0 aromatic carbocycles. The molecule has 1 fully saturated rings. The monoisotopic (exact) mass is 404 g/mol. The molecule has 4 heterocycles. The van der Waals surface area contributed by atoms with Crippen molar-refractivity contribution in [3.8, 4) is 0 Å². The van der Waals surface area contributed by atoms with E-state index >= 15 is 0 Å². The van der Waals surface area contributed by atoms with Crippen LogP contribution in [-0.4, -0.2) is 53.1 Å². The van der Waals surface area contributed by atoms with Crippen molar-refractivity contribution in [2.24, 2.45) is 0 Å². The predicted octanol–water partition coefficient (Wildman–Crippen LogP) is 3.26. The number of amides is 1. The highest BCUT2D eigenvalue weighted by Gasteiger charge is 2.48. The first kappa shape index (κ1) is 18.2. The Morgan fingerprint density at radius 3 is 2.70 bits per heavy atom. The Labute approximate surface area is 157 Å². The van der Waals surface area contributed by atoms with E-state index < -0.39 is 24.2 Å². The van der Waals surface area contributed by atoms with Gasteiger partial charge in [-0.2, -0.15) is 18.3 Å². The van der Waals surface area contributed by atoms with Gasteiger partial charge in [-0.1, -0.05) is 11.6 Å². The summed E-state index contributed by atoms with van der Waals surface area (Å²) in [6.45, 7) is 1.40. The maximum Gasteiger partial charge on any atom is 0.410 e. The number of hydrogen-bond donors (Lipinski definition) is 1. The Kier molecular flexibility index (Phi) is 4.55. The number of fused-ring (bicyclic) bond motifs is 1. The zero-order valence-electron chi connectivity index (χ0n) is 14.0. The lowest BCUT2D eigenvalue weighted by Gasteiger charge is -2.32. The smallest absolute Gasteiger partial charge is 0.410 e. The van der Waals surface area contributed by atoms with E-state index in [-0.39, 0.29) is 23.0 Å². The third-order valence-corrected chi connectivity index (χ3v) is 5.04. The molecule has 0 saturated carbocycles. The third-order valence-electron chi connectivity index (χ3n) is 4.68. The number of morpholine rings is 1. The molecule has 11 heteroatoms. The summed E-state index contributed by atoms with van der Waals surface area (Å²) in [4.78, 5) is 14.2. The lowest BCUT2D eigenvalue weighted by molar-refractivity contribution is -0.174. The Morgan fingerprint density at radius 1 is 1.33 bits per heavy atom. The van der Waals surface area contributed by atoms with Crippen LogP contribution in [0.3, 0.4) is 0 Å². The number of anilines is 1. The Balaban J connectivity index is 1.72. The first-order valence-corrected chi connectivity index (χ1v) is 8.75. The van der Waals surface area contributed by atoms with Gasteiger partial charge in [0.05, 0.1) is 25.5 Å². The number of furan rings is 1. The molecule has 1 amide bonds. The number of alkyl halides is 3. The fourth-order valence-electron chi connectivity index (χ4n) is 3.32. The number of nitrogens with zero attached hydrogens (tertiary/aromatic N) is 3. The summed E-state index contributed by atoms with van der Waals surface area (Å²) >= 11 is 6.28. The van der Waals surface area contributed by atoms with Crippen LogP contribution in [0.25, 0.3) is 0 Å². The number of rotatable bonds is 2. The van der Waals surface area contributed by atoms with Crippen molar-refractivity contribution in [1.82, 2.24) is 14.7 Å². The fraction of sp³-hybridized carbons (Fsp3) is 0.500. The van der Waals surface area contributed by atoms with Crippen molar-refractivity contribution in [3.63, 3.8) is 0 Å². The van der Waals surface area contributed by atoms with Crippen LogP contribution in [0.2, 0.25) is 5.02 Å². The van der Waals surface area contributed by atoms with Crippen LogP contribution in [0.15, 0.2) is 22.8 Å². The summed E-state index contributed by atoms with van der Waals surface area (Å²) in [7, 11) is 0. The molecule has 0 aliphatic carbocycles. The van der Waals surface area contributed by atoms with E-state index in [1.807, 2.05) is 0 Å². The lowest BCUT2D eigenvalue weighted by atomic mass is 10.0. The summed E-state index contributed by atoms with van der Waals surface area (Å²) in [5.41, 5.74) is -0.199. The van der Waals surface area contributed by atoms with Crippen molar-refractivity contribution in [3.05, 3.63) is 34.9 Å². The van der Waals surface area contributed by atoms with Gasteiger partial charge < -0.3 is 19.4 Å². The minimum Gasteiger partial charge on any atom is -0.467 e. The molecule has 2 aromatic heterocycles. The summed E-state index contributed by atoms with van der Waals surface area (Å²) in [5.74, 6) is -0.195. The standard InChI is InChI=1S/C16H16ClF3N4O3/c17-12-13(15(25)23-3-6-26-7-4-23)22-24-11(16(18,19)20)8-9(21-14(12)24)10-2-1-5-27-10/h1-2,5,9,11,21H,3-4,6-8H2/t9-,11+/m1/s1. The van der Waals surface area contributed by atoms with Crippen molar-refractivity contribution in [2.45, 2.75) is 24.7 Å². The molecule has 2 aliphatic heterocycles. The average Bonchev–Trinajstić information content (AvgIpc) is 3.29. The van der Waals surface area contributed by atoms with Crippen molar-refractivity contribution in [2.75, 3.05) is 31.6 Å². The fourth-order valence-corrected chi connectivity index (χ4v) is 3.58. The molecule has 2 atom stereocenters. The van der Waals surface area contributed by atoms with Gasteiger partial charge in [-0.25, -0.2) is 4.68 Å². The summed E-state index contributed by atoms with van der Waals surface area (Å²) < 4.78 is 52.2. The van der Waals surface area contributed by atoms with Gasteiger partial charge in [0.15, 0.2) is 11.7 Å². The molecule has 2 aromatic rings. The van der Waals surface area contributed by atoms with E-state index in [0.29, 0.717) is 32.1 Å². The molecular weight excluding hydrogens is 389 g/mol. The molecule has 4 rings (SSSR count). The predicted molar refractivity (Wildman–Crippen MR) is 88.7 cm³/mol. The highest BCUT2D eigenvalue weighted by molar-refractivity contribution is 6.36. The quantitative estimate of drug-likeness (QED) is 0.831. The highest BCUT2D eigenvalue weighted by Crippen LogP contribution is 2.46. The second kappa shape index (κ2) is 6.75. The number of hydrogen-bond acceptors (Lipinski definition) is 5. The van der Waals surface area contributed by atoms with Gasteiger partial charge >= 0.3 is 6.18 Å². The molecule has 0 radical (unpaired) electrons. The van der Waals surface area contributed by atoms with Crippen molar-refractivity contribution >= 4 is 23.3 Å². The number of halogens is 4. The molecule has 0 spiro atoms. The molecule has 7 nitrogen and oxygen atoms in total. The van der Waals surface area contributed by atoms with Gasteiger partial charge in [0, 0.05) is 19.5 Å². The van der Waals surface area contributed by atoms with Gasteiger partial charge in [-0.3, -0.25) is 4.79 Å². The van der Waals surface area contributed by atoms with E-state index in [2.05, 4.69) is 10.4 Å². The van der Waals surface area contributed by atoms with Crippen molar-refractivity contribution < 1.29 is 27.1 Å². The second-order valence-electron chi connectivity index (χ2n) is 6.37. The van der Waals surface area contributed by atoms with Gasteiger partial charge in [0.2, 0.25) is 0 Å². The molecule has 27 heavy (non-hydrogen) atoms. The highest BCUT2D eigenvalue weighted by atomic mass is 35.5. The topological polar surface area (TPSA) is 72.5 Å². The minimum atomic E-state index is -4.56. The molecule has 146 valence electrons. The van der Waals surface area contributed by atoms with Crippen molar-refractivity contribution in [1.29, 1.82) is 0 Å². The van der Waals surface area contributed by atoms with E-state index in [4.69, 9.17) is 20.8 Å². The van der Waals surface area contributed by atoms with Gasteiger partial charge in [-0.05, 0) is 12.1 Å². The first-order chi connectivity index (χ1) is 12.9. The number of carbonyl (C=O) groups excluding carboxylic acids is 1. The van der Waals surface area contributed by atoms with Gasteiger partial charge in [-0.15, -0.1) is 0 Å². The van der Waals surface area contributed by atoms with Crippen LogP contribution in [0.1, 0.15) is 34.8 Å². The summed E-state index contributed by atoms with van der Waals surface area (Å²) in [6.07, 6.45) is -3.50. The van der Waals surface area contributed by atoms with Crippen LogP contribution in [0, 0.1) is 0 Å². The number of nitrogens with one attached hydrogen (secondary N) is 1. The zero-order chi connectivity index (χ0) is 19.2. The lowest BCUT2D eigenvalue weighted by Crippen LogP contribution is -2.41. The molecular formula is C16H16ClF3N4O3. The normalized spacial score (nSPS) is 23.0. The van der Waals surface area contributed by atoms with E-state index in [1.165, 1.54) is 11.2 Å². The number of aromatic nitrogens is 2. The first-order valence-electron chi connectivity index (χ1n) is 8.38. The minimum absolute atomic E-state index is 0.0387. The van der Waals surface area contributed by atoms with E-state index in [1.54, 1.807) is 12.1 Å². The Morgan fingerprint density at radius 2 is 2.07 bits per heavy atom. The van der Waals surface area contributed by atoms with Crippen LogP contribution >= 0.6 is 11.6 Å². The Bertz CT molecular complexity index is 831. The molecule has 2 aliphatic rings. The Hall–Kier alpha value is -2.20. The molecule has 1 N–H and O–H groups in total. The maximum atomic E-state index is 13.7. The summed E-state index contributed by atoms with van der Waals surface area (Å²) in [5, 5.41) is 6.73. The molecule has 1 saturated heterocycles. The zero-order valence-corrected chi connectivity index (χ0v) is 14.8. The van der Waals surface area contributed by atoms with Crippen LogP contribution in [-0.2, 0) is 4.74 Å². The third kappa shape index (κ3) is 3.27. The summed E-state index contributed by atoms with van der Waals surface area (Å²) in [6, 6.07) is 0.526. The number of ether oxygens (including phenoxy) is 1. The van der Waals surface area contributed by atoms with E-state index in [9.17, 15) is 18.0 Å². The van der Waals surface area contributed by atoms with Crippen LogP contribution in [0.5, 0.6) is 0 Å². The SMILES string of the molecule is O=C(c1nn2c(c1Cl)N[C@@H](c1ccco1)C[C@H]2C(F)(F)F)N1CCOCC1. The van der Waals surface area contributed by atoms with Crippen LogP contribution in [0.4, 0.5) is 19.0 Å². The van der Waals surface area contributed by atoms with Crippen LogP contribution < -0.4 is 5.32 Å². The maximum absolute atomic E-state index is 13.7. The van der Waals surface area contributed by atoms with Gasteiger partial charge in [0.1, 0.15) is 16.6 Å². The van der Waals surface area contributed by atoms with Gasteiger partial charge in [0.25, 0.3) is 5.91 Å². The largest absolute Gasteiger partial charge is 0.467 e. The van der Waals surface area contributed by atoms with E-state index in [0.717, 1.165) is 4.68 Å². The molecule has 0 unspecified atom stereocenters. The molecule has 0 bridgehead atoms. The second-order valence-corrected chi connectivity index (χ2v) is 6.74. The number of carbonyl (C=O) groups is 1. The average molecular weight is 405 g/mol.